The second-order valence-corrected chi connectivity index (χ2v) is 6.94. The Morgan fingerprint density at radius 1 is 1.00 bits per heavy atom. The van der Waals surface area contributed by atoms with Crippen molar-refractivity contribution in [3.8, 4) is 11.3 Å². The third-order valence-corrected chi connectivity index (χ3v) is 4.73. The quantitative estimate of drug-likeness (QED) is 0.503. The van der Waals surface area contributed by atoms with E-state index in [0.29, 0.717) is 16.6 Å². The maximum Gasteiger partial charge on any atom is 0.134 e. The second kappa shape index (κ2) is 7.00. The van der Waals surface area contributed by atoms with Gasteiger partial charge in [-0.1, -0.05) is 39.1 Å². The molecule has 3 aromatic rings. The molecule has 5 heteroatoms. The van der Waals surface area contributed by atoms with E-state index in [0.717, 1.165) is 32.8 Å². The van der Waals surface area contributed by atoms with Crippen LogP contribution in [0.4, 0.5) is 5.69 Å². The van der Waals surface area contributed by atoms with Crippen molar-refractivity contribution < 1.29 is 4.42 Å². The van der Waals surface area contributed by atoms with Gasteiger partial charge in [-0.2, -0.15) is 0 Å². The third-order valence-electron chi connectivity index (χ3n) is 3.50. The summed E-state index contributed by atoms with van der Waals surface area (Å²) in [6.45, 7) is 2.64. The van der Waals surface area contributed by atoms with Crippen molar-refractivity contribution in [1.82, 2.24) is 0 Å². The zero-order chi connectivity index (χ0) is 16.4. The molecule has 0 bridgehead atoms. The Labute approximate surface area is 153 Å². The normalized spacial score (nSPS) is 10.8. The fourth-order valence-electron chi connectivity index (χ4n) is 2.32. The van der Waals surface area contributed by atoms with Gasteiger partial charge in [-0.05, 0) is 61.0 Å². The van der Waals surface area contributed by atoms with Crippen molar-refractivity contribution in [2.24, 2.45) is 0 Å². The Balaban J connectivity index is 1.73. The standard InChI is InChI=1S/C18H14BrCl2NO/c1-11-8-12(19)2-5-15(11)18-7-4-14(23-18)10-22-13-3-6-16(20)17(21)9-13/h2-9,22H,10H2,1H3. The molecular weight excluding hydrogens is 397 g/mol. The van der Waals surface area contributed by atoms with Gasteiger partial charge in [0.05, 0.1) is 16.6 Å². The lowest BCUT2D eigenvalue weighted by molar-refractivity contribution is 0.531. The van der Waals surface area contributed by atoms with Crippen molar-refractivity contribution in [2.75, 3.05) is 5.32 Å². The maximum atomic E-state index is 6.01. The number of rotatable bonds is 4. The van der Waals surface area contributed by atoms with Crippen molar-refractivity contribution in [3.63, 3.8) is 0 Å². The minimum atomic E-state index is 0.530. The van der Waals surface area contributed by atoms with Crippen LogP contribution in [0.5, 0.6) is 0 Å². The summed E-state index contributed by atoms with van der Waals surface area (Å²) < 4.78 is 6.99. The lowest BCUT2D eigenvalue weighted by Gasteiger charge is -2.06. The van der Waals surface area contributed by atoms with Gasteiger partial charge in [-0.3, -0.25) is 0 Å². The summed E-state index contributed by atoms with van der Waals surface area (Å²) in [7, 11) is 0. The Bertz CT molecular complexity index is 845. The zero-order valence-electron chi connectivity index (χ0n) is 12.4. The molecule has 0 saturated carbocycles. The lowest BCUT2D eigenvalue weighted by atomic mass is 10.1. The Hall–Kier alpha value is -1.42. The van der Waals surface area contributed by atoms with Crippen molar-refractivity contribution in [1.29, 1.82) is 0 Å². The van der Waals surface area contributed by atoms with Gasteiger partial charge in [0.2, 0.25) is 0 Å². The summed E-state index contributed by atoms with van der Waals surface area (Å²) in [5.74, 6) is 1.72. The largest absolute Gasteiger partial charge is 0.459 e. The van der Waals surface area contributed by atoms with Crippen molar-refractivity contribution >= 4 is 44.8 Å². The van der Waals surface area contributed by atoms with E-state index in [2.05, 4.69) is 40.3 Å². The lowest BCUT2D eigenvalue weighted by Crippen LogP contribution is -1.97. The first-order chi connectivity index (χ1) is 11.0. The molecular formula is C18H14BrCl2NO. The summed E-state index contributed by atoms with van der Waals surface area (Å²) in [5, 5.41) is 4.35. The Morgan fingerprint density at radius 3 is 2.57 bits per heavy atom. The molecule has 0 fully saturated rings. The van der Waals surface area contributed by atoms with Gasteiger partial charge in [0, 0.05) is 15.7 Å². The number of halogens is 3. The second-order valence-electron chi connectivity index (χ2n) is 5.21. The SMILES string of the molecule is Cc1cc(Br)ccc1-c1ccc(CNc2ccc(Cl)c(Cl)c2)o1. The van der Waals surface area contributed by atoms with Crippen LogP contribution >= 0.6 is 39.1 Å². The van der Waals surface area contributed by atoms with E-state index < -0.39 is 0 Å². The highest BCUT2D eigenvalue weighted by molar-refractivity contribution is 9.10. The van der Waals surface area contributed by atoms with E-state index in [4.69, 9.17) is 27.6 Å². The van der Waals surface area contributed by atoms with E-state index in [1.807, 2.05) is 24.3 Å². The van der Waals surface area contributed by atoms with E-state index in [-0.39, 0.29) is 0 Å². The van der Waals surface area contributed by atoms with Gasteiger partial charge < -0.3 is 9.73 Å². The van der Waals surface area contributed by atoms with Crippen LogP contribution in [0, 0.1) is 6.92 Å². The van der Waals surface area contributed by atoms with Crippen LogP contribution in [0.25, 0.3) is 11.3 Å². The van der Waals surface area contributed by atoms with Gasteiger partial charge in [0.25, 0.3) is 0 Å². The molecule has 0 aliphatic heterocycles. The number of aryl methyl sites for hydroxylation is 1. The molecule has 0 spiro atoms. The summed E-state index contributed by atoms with van der Waals surface area (Å²) in [5.41, 5.74) is 3.16. The van der Waals surface area contributed by atoms with Crippen LogP contribution in [0.2, 0.25) is 10.0 Å². The molecule has 0 aliphatic carbocycles. The minimum Gasteiger partial charge on any atom is -0.459 e. The van der Waals surface area contributed by atoms with Crippen molar-refractivity contribution in [2.45, 2.75) is 13.5 Å². The van der Waals surface area contributed by atoms with E-state index in [1.165, 1.54) is 0 Å². The highest BCUT2D eigenvalue weighted by Crippen LogP contribution is 2.29. The number of anilines is 1. The molecule has 118 valence electrons. The monoisotopic (exact) mass is 409 g/mol. The molecule has 0 aliphatic rings. The summed E-state index contributed by atoms with van der Waals surface area (Å²) in [6.07, 6.45) is 0. The zero-order valence-corrected chi connectivity index (χ0v) is 15.5. The molecule has 0 amide bonds. The molecule has 2 aromatic carbocycles. The van der Waals surface area contributed by atoms with E-state index in [9.17, 15) is 0 Å². The van der Waals surface area contributed by atoms with Gasteiger partial charge in [-0.25, -0.2) is 0 Å². The van der Waals surface area contributed by atoms with Gasteiger partial charge in [-0.15, -0.1) is 0 Å². The predicted octanol–water partition coefficient (Wildman–Crippen LogP) is 6.94. The highest BCUT2D eigenvalue weighted by atomic mass is 79.9. The molecule has 0 atom stereocenters. The van der Waals surface area contributed by atoms with E-state index in [1.54, 1.807) is 12.1 Å². The predicted molar refractivity (Wildman–Crippen MR) is 100 cm³/mol. The molecule has 1 aromatic heterocycles. The number of nitrogens with one attached hydrogen (secondary N) is 1. The number of hydrogen-bond acceptors (Lipinski definition) is 2. The van der Waals surface area contributed by atoms with Gasteiger partial charge >= 0.3 is 0 Å². The first kappa shape index (κ1) is 16.4. The summed E-state index contributed by atoms with van der Waals surface area (Å²) in [6, 6.07) is 15.6. The molecule has 23 heavy (non-hydrogen) atoms. The fourth-order valence-corrected chi connectivity index (χ4v) is 3.09. The van der Waals surface area contributed by atoms with Crippen LogP contribution < -0.4 is 5.32 Å². The molecule has 1 N–H and O–H groups in total. The smallest absolute Gasteiger partial charge is 0.134 e. The Morgan fingerprint density at radius 2 is 1.83 bits per heavy atom. The molecule has 0 unspecified atom stereocenters. The van der Waals surface area contributed by atoms with Crippen molar-refractivity contribution in [3.05, 3.63) is 74.4 Å². The van der Waals surface area contributed by atoms with E-state index >= 15 is 0 Å². The first-order valence-corrected chi connectivity index (χ1v) is 8.62. The third kappa shape index (κ3) is 3.92. The molecule has 1 heterocycles. The first-order valence-electron chi connectivity index (χ1n) is 7.07. The Kier molecular flexibility index (Phi) is 5.00. The van der Waals surface area contributed by atoms with Crippen LogP contribution in [-0.4, -0.2) is 0 Å². The number of hydrogen-bond donors (Lipinski definition) is 1. The van der Waals surface area contributed by atoms with Crippen LogP contribution in [0.3, 0.4) is 0 Å². The molecule has 0 saturated heterocycles. The minimum absolute atomic E-state index is 0.530. The topological polar surface area (TPSA) is 25.2 Å². The van der Waals surface area contributed by atoms with Crippen LogP contribution in [0.15, 0.2) is 57.4 Å². The average molecular weight is 411 g/mol. The van der Waals surface area contributed by atoms with Crippen LogP contribution in [0.1, 0.15) is 11.3 Å². The van der Waals surface area contributed by atoms with Gasteiger partial charge in [0.1, 0.15) is 11.5 Å². The molecule has 3 rings (SSSR count). The number of furan rings is 1. The number of benzene rings is 2. The average Bonchev–Trinajstić information content (AvgIpc) is 2.97. The maximum absolute atomic E-state index is 6.01. The summed E-state index contributed by atoms with van der Waals surface area (Å²) >= 11 is 15.4. The molecule has 2 nitrogen and oxygen atoms in total. The summed E-state index contributed by atoms with van der Waals surface area (Å²) in [4.78, 5) is 0. The van der Waals surface area contributed by atoms with Gasteiger partial charge in [0.15, 0.2) is 0 Å². The van der Waals surface area contributed by atoms with Crippen LogP contribution in [-0.2, 0) is 6.54 Å². The highest BCUT2D eigenvalue weighted by Gasteiger charge is 2.08. The fraction of sp³-hybridized carbons (Fsp3) is 0.111. The molecule has 0 radical (unpaired) electrons.